The van der Waals surface area contributed by atoms with E-state index in [9.17, 15) is 9.59 Å². The highest BCUT2D eigenvalue weighted by atomic mass is 16.5. The molecule has 5 heteroatoms. The van der Waals surface area contributed by atoms with Crippen molar-refractivity contribution >= 4 is 11.7 Å². The zero-order valence-corrected chi connectivity index (χ0v) is 17.1. The van der Waals surface area contributed by atoms with Gasteiger partial charge in [0.05, 0.1) is 0 Å². The monoisotopic (exact) mass is 386 g/mol. The van der Waals surface area contributed by atoms with E-state index in [4.69, 9.17) is 4.74 Å². The van der Waals surface area contributed by atoms with E-state index in [1.165, 1.54) is 38.6 Å². The van der Waals surface area contributed by atoms with Gasteiger partial charge in [0.15, 0.2) is 12.4 Å². The number of hydrogen-bond donors (Lipinski definition) is 1. The highest BCUT2D eigenvalue weighted by Crippen LogP contribution is 2.25. The summed E-state index contributed by atoms with van der Waals surface area (Å²) in [4.78, 5) is 26.4. The Balaban J connectivity index is 1.33. The van der Waals surface area contributed by atoms with Gasteiger partial charge < -0.3 is 15.0 Å². The summed E-state index contributed by atoms with van der Waals surface area (Å²) in [6, 6.07) is 7.26. The number of benzene rings is 1. The number of hydrogen-bond acceptors (Lipinski definition) is 4. The molecule has 0 atom stereocenters. The van der Waals surface area contributed by atoms with Crippen LogP contribution in [0.4, 0.5) is 0 Å². The summed E-state index contributed by atoms with van der Waals surface area (Å²) in [5.41, 5.74) is 0.680. The number of amides is 1. The average molecular weight is 387 g/mol. The Bertz CT molecular complexity index is 630. The number of ether oxygens (including phenoxy) is 1. The molecule has 1 amide bonds. The van der Waals surface area contributed by atoms with Crippen molar-refractivity contribution < 1.29 is 14.3 Å². The van der Waals surface area contributed by atoms with Gasteiger partial charge in [-0.05, 0) is 55.9 Å². The quantitative estimate of drug-likeness (QED) is 0.690. The van der Waals surface area contributed by atoms with Gasteiger partial charge >= 0.3 is 0 Å². The van der Waals surface area contributed by atoms with Crippen molar-refractivity contribution in [3.05, 3.63) is 29.8 Å². The number of nitrogens with zero attached hydrogens (tertiary/aromatic N) is 1. The molecule has 1 N–H and O–H groups in total. The van der Waals surface area contributed by atoms with Crippen molar-refractivity contribution in [3.8, 4) is 5.75 Å². The van der Waals surface area contributed by atoms with Gasteiger partial charge in [0.2, 0.25) is 0 Å². The van der Waals surface area contributed by atoms with Crippen LogP contribution in [0.1, 0.15) is 68.6 Å². The maximum Gasteiger partial charge on any atom is 0.258 e. The molecule has 5 nitrogen and oxygen atoms in total. The lowest BCUT2D eigenvalue weighted by atomic mass is 9.88. The maximum absolute atomic E-state index is 12.2. The molecule has 1 aliphatic heterocycles. The zero-order valence-electron chi connectivity index (χ0n) is 17.1. The second-order valence-electron chi connectivity index (χ2n) is 8.24. The summed E-state index contributed by atoms with van der Waals surface area (Å²) in [7, 11) is 0. The lowest BCUT2D eigenvalue weighted by Gasteiger charge is -2.35. The van der Waals surface area contributed by atoms with Crippen molar-refractivity contribution in [1.82, 2.24) is 10.2 Å². The fraction of sp³-hybridized carbons (Fsp3) is 0.652. The van der Waals surface area contributed by atoms with Gasteiger partial charge in [-0.1, -0.05) is 26.2 Å². The van der Waals surface area contributed by atoms with E-state index in [-0.39, 0.29) is 24.3 Å². The third kappa shape index (κ3) is 6.33. The Morgan fingerprint density at radius 3 is 2.36 bits per heavy atom. The van der Waals surface area contributed by atoms with Crippen LogP contribution >= 0.6 is 0 Å². The molecule has 0 spiro atoms. The fourth-order valence-corrected chi connectivity index (χ4v) is 4.35. The number of likely N-dealkylation sites (tertiary alicyclic amines) is 1. The van der Waals surface area contributed by atoms with Crippen molar-refractivity contribution in [2.75, 3.05) is 26.2 Å². The molecule has 0 bridgehead atoms. The van der Waals surface area contributed by atoms with Crippen LogP contribution in [0.2, 0.25) is 0 Å². The van der Waals surface area contributed by atoms with E-state index in [1.807, 2.05) is 6.92 Å². The molecule has 1 saturated carbocycles. The molecular formula is C23H34N2O3. The number of piperidine rings is 1. The van der Waals surface area contributed by atoms with Crippen molar-refractivity contribution in [3.63, 3.8) is 0 Å². The number of nitrogens with one attached hydrogen (secondary N) is 1. The van der Waals surface area contributed by atoms with Crippen LogP contribution in [0.3, 0.4) is 0 Å². The highest BCUT2D eigenvalue weighted by molar-refractivity contribution is 5.95. The first-order chi connectivity index (χ1) is 13.6. The number of rotatable bonds is 8. The van der Waals surface area contributed by atoms with Gasteiger partial charge in [0.25, 0.3) is 5.91 Å². The molecule has 1 aromatic rings. The van der Waals surface area contributed by atoms with Gasteiger partial charge in [-0.2, -0.15) is 0 Å². The lowest BCUT2D eigenvalue weighted by molar-refractivity contribution is -0.124. The zero-order chi connectivity index (χ0) is 19.8. The Hall–Kier alpha value is -1.88. The molecule has 2 aliphatic rings. The normalized spacial score (nSPS) is 19.3. The first kappa shape index (κ1) is 20.8. The molecular weight excluding hydrogens is 352 g/mol. The van der Waals surface area contributed by atoms with Gasteiger partial charge in [0.1, 0.15) is 5.75 Å². The lowest BCUT2D eigenvalue weighted by Crippen LogP contribution is -2.47. The Morgan fingerprint density at radius 1 is 1.04 bits per heavy atom. The Labute approximate surface area is 168 Å². The topological polar surface area (TPSA) is 58.6 Å². The number of ketones is 1. The first-order valence-corrected chi connectivity index (χ1v) is 10.9. The minimum absolute atomic E-state index is 0.0172. The third-order valence-corrected chi connectivity index (χ3v) is 6.06. The van der Waals surface area contributed by atoms with Crippen LogP contribution in [0.25, 0.3) is 0 Å². The van der Waals surface area contributed by atoms with E-state index >= 15 is 0 Å². The van der Waals surface area contributed by atoms with Gasteiger partial charge in [-0.25, -0.2) is 0 Å². The van der Waals surface area contributed by atoms with Crippen molar-refractivity contribution in [2.45, 2.75) is 64.3 Å². The molecule has 2 fully saturated rings. The summed E-state index contributed by atoms with van der Waals surface area (Å²) in [6.45, 7) is 5.26. The van der Waals surface area contributed by atoms with Crippen LogP contribution in [-0.2, 0) is 4.79 Å². The van der Waals surface area contributed by atoms with E-state index in [0.29, 0.717) is 17.7 Å². The molecule has 1 aliphatic carbocycles. The molecule has 1 aromatic carbocycles. The Kier molecular flexibility index (Phi) is 7.90. The summed E-state index contributed by atoms with van der Waals surface area (Å²) in [5, 5.41) is 3.11. The van der Waals surface area contributed by atoms with Crippen molar-refractivity contribution in [1.29, 1.82) is 0 Å². The highest BCUT2D eigenvalue weighted by Gasteiger charge is 2.23. The van der Waals surface area contributed by atoms with E-state index in [1.54, 1.807) is 24.3 Å². The van der Waals surface area contributed by atoms with Crippen LogP contribution < -0.4 is 10.1 Å². The minimum Gasteiger partial charge on any atom is -0.484 e. The summed E-state index contributed by atoms with van der Waals surface area (Å²) >= 11 is 0. The summed E-state index contributed by atoms with van der Waals surface area (Å²) in [6.07, 6.45) is 9.52. The van der Waals surface area contributed by atoms with E-state index in [2.05, 4.69) is 10.2 Å². The first-order valence-electron chi connectivity index (χ1n) is 10.9. The van der Waals surface area contributed by atoms with Crippen LogP contribution in [0.5, 0.6) is 5.75 Å². The Morgan fingerprint density at radius 2 is 1.71 bits per heavy atom. The fourth-order valence-electron chi connectivity index (χ4n) is 4.35. The van der Waals surface area contributed by atoms with E-state index < -0.39 is 0 Å². The molecule has 1 saturated heterocycles. The van der Waals surface area contributed by atoms with Crippen LogP contribution in [0.15, 0.2) is 24.3 Å². The number of carbonyl (C=O) groups excluding carboxylic acids is 2. The van der Waals surface area contributed by atoms with Gasteiger partial charge in [-0.3, -0.25) is 9.59 Å². The van der Waals surface area contributed by atoms with Crippen LogP contribution in [0, 0.1) is 5.92 Å². The maximum atomic E-state index is 12.2. The largest absolute Gasteiger partial charge is 0.484 e. The standard InChI is InChI=1S/C23H34N2O3/c1-2-22(26)19-8-10-21(11-9-19)28-17-23(27)24-20-12-14-25(15-13-20)16-18-6-4-3-5-7-18/h8-11,18,20H,2-7,12-17H2,1H3,(H,24,27). The molecule has 28 heavy (non-hydrogen) atoms. The molecule has 0 radical (unpaired) electrons. The van der Waals surface area contributed by atoms with Gasteiger partial charge in [-0.15, -0.1) is 0 Å². The third-order valence-electron chi connectivity index (χ3n) is 6.06. The molecule has 3 rings (SSSR count). The average Bonchev–Trinajstić information content (AvgIpc) is 2.74. The molecule has 1 heterocycles. The smallest absolute Gasteiger partial charge is 0.258 e. The van der Waals surface area contributed by atoms with Crippen molar-refractivity contribution in [2.24, 2.45) is 5.92 Å². The molecule has 0 unspecified atom stereocenters. The van der Waals surface area contributed by atoms with Crippen LogP contribution in [-0.4, -0.2) is 48.9 Å². The van der Waals surface area contributed by atoms with E-state index in [0.717, 1.165) is 31.8 Å². The number of Topliss-reactive ketones (excluding diaryl/α,β-unsaturated/α-hetero) is 1. The predicted octanol–water partition coefficient (Wildman–Crippen LogP) is 3.82. The summed E-state index contributed by atoms with van der Waals surface area (Å²) < 4.78 is 5.57. The second-order valence-corrected chi connectivity index (χ2v) is 8.24. The minimum atomic E-state index is -0.0700. The predicted molar refractivity (Wildman–Crippen MR) is 111 cm³/mol. The number of carbonyl (C=O) groups is 2. The molecule has 0 aromatic heterocycles. The molecule has 154 valence electrons. The second kappa shape index (κ2) is 10.6. The van der Waals surface area contributed by atoms with Gasteiger partial charge in [0, 0.05) is 37.7 Å². The SMILES string of the molecule is CCC(=O)c1ccc(OCC(=O)NC2CCN(CC3CCCCC3)CC2)cc1. The summed E-state index contributed by atoms with van der Waals surface area (Å²) in [5.74, 6) is 1.54.